The van der Waals surface area contributed by atoms with Crippen LogP contribution in [0, 0.1) is 36.5 Å². The van der Waals surface area contributed by atoms with E-state index in [9.17, 15) is 19.2 Å². The van der Waals surface area contributed by atoms with Gasteiger partial charge in [-0.05, 0) is 79.6 Å². The Morgan fingerprint density at radius 3 is 1.44 bits per heavy atom. The number of halogens is 3. The minimum atomic E-state index is -0.457. The van der Waals surface area contributed by atoms with Gasteiger partial charge >= 0.3 is 0 Å². The Kier molecular flexibility index (Phi) is 31.7. The van der Waals surface area contributed by atoms with E-state index in [-0.39, 0.29) is 78.8 Å². The minimum Gasteiger partial charge on any atom is -0.492 e. The number of carbonyl (C=O) groups excluding carboxylic acids is 4. The summed E-state index contributed by atoms with van der Waals surface area (Å²) in [5, 5.41) is 90.1. The molecule has 1 saturated heterocycles. The van der Waals surface area contributed by atoms with Gasteiger partial charge in [0.25, 0.3) is 23.6 Å². The van der Waals surface area contributed by atoms with Gasteiger partial charge < -0.3 is 92.7 Å². The number of morpholine rings is 1. The average Bonchev–Trinajstić information content (AvgIpc) is 1.62. The number of nitrogen functional groups attached to an aromatic ring is 1. The highest BCUT2D eigenvalue weighted by molar-refractivity contribution is 6.35. The summed E-state index contributed by atoms with van der Waals surface area (Å²) in [6.07, 6.45) is 9.30. The van der Waals surface area contributed by atoms with Gasteiger partial charge in [0.2, 0.25) is 11.7 Å². The molecule has 4 amide bonds. The van der Waals surface area contributed by atoms with Crippen LogP contribution in [0.3, 0.4) is 0 Å². The molecule has 1 aliphatic rings. The molecule has 0 radical (unpaired) electrons. The maximum Gasteiger partial charge on any atom is 0.273 e. The molecule has 45 heteroatoms. The van der Waals surface area contributed by atoms with E-state index in [0.29, 0.717) is 111 Å². The van der Waals surface area contributed by atoms with E-state index < -0.39 is 17.7 Å². The van der Waals surface area contributed by atoms with Crippen molar-refractivity contribution in [3.05, 3.63) is 182 Å². The highest BCUT2D eigenvalue weighted by Gasteiger charge is 2.25. The number of carbonyl (C=O) groups is 4. The highest BCUT2D eigenvalue weighted by atomic mass is 35.5. The molecule has 0 aliphatic carbocycles. The van der Waals surface area contributed by atoms with Crippen molar-refractivity contribution in [1.29, 1.82) is 10.5 Å². The smallest absolute Gasteiger partial charge is 0.273 e. The number of hydrogen-bond acceptors (Lipinski definition) is 37. The predicted molar refractivity (Wildman–Crippen MR) is 420 cm³/mol. The number of nitrogens with one attached hydrogen (secondary N) is 9. The number of amides is 4. The fourth-order valence-electron chi connectivity index (χ4n) is 9.79. The number of nitrogens with two attached hydrogens (primary N) is 2. The minimum absolute atomic E-state index is 0.0308. The molecule has 0 atom stereocenters. The normalized spacial score (nSPS) is 11.3. The SMILES string of the molecule is CNC(=O)c1nnc(Cl)cc1Cl.CNC(=O)c1nnc(Cl)cc1Nc1nccc(C#N)c1OC.CNC(=O)c1nnc(Nc2cc(C)ccn2)cc1Nc1nccc(-c2noc(CN3CCOCC3)n2)c1OC.CNC(=O)c1nnc(Nc2cc(C)ccn2)cc1Nc1nccc(/C(N)=N\O)c1OC.COc1c(C#N)ccnc1N. The van der Waals surface area contributed by atoms with Gasteiger partial charge in [0.15, 0.2) is 96.8 Å². The van der Waals surface area contributed by atoms with E-state index in [4.69, 9.17) is 90.2 Å². The molecule has 0 unspecified atom stereocenters. The highest BCUT2D eigenvalue weighted by Crippen LogP contribution is 2.37. The zero-order valence-corrected chi connectivity index (χ0v) is 65.0. The Bertz CT molecular complexity index is 5380. The van der Waals surface area contributed by atoms with Crippen LogP contribution in [0.25, 0.3) is 11.4 Å². The number of nitrogens with zero attached hydrogens (tertiary/aromatic N) is 20. The lowest BCUT2D eigenvalue weighted by atomic mass is 10.2. The first-order chi connectivity index (χ1) is 55.5. The Labute approximate surface area is 669 Å². The van der Waals surface area contributed by atoms with Gasteiger partial charge in [-0.2, -0.15) is 15.5 Å². The number of oxime groups is 1. The number of hydrogen-bond donors (Lipinski definition) is 12. The van der Waals surface area contributed by atoms with Gasteiger partial charge in [-0.1, -0.05) is 45.1 Å². The number of methoxy groups -OCH3 is 4. The van der Waals surface area contributed by atoms with E-state index in [1.165, 1.54) is 99.5 Å². The van der Waals surface area contributed by atoms with E-state index >= 15 is 0 Å². The van der Waals surface area contributed by atoms with Crippen LogP contribution in [0.1, 0.15) is 75.7 Å². The molecule has 115 heavy (non-hydrogen) atoms. The largest absolute Gasteiger partial charge is 0.492 e. The second-order valence-corrected chi connectivity index (χ2v) is 23.9. The van der Waals surface area contributed by atoms with Crippen molar-refractivity contribution in [2.75, 3.05) is 115 Å². The Morgan fingerprint density at radius 1 is 0.530 bits per heavy atom. The number of aromatic nitrogens is 16. The molecule has 1 aliphatic heterocycles. The Morgan fingerprint density at radius 2 is 0.965 bits per heavy atom. The van der Waals surface area contributed by atoms with Gasteiger partial charge in [-0.3, -0.25) is 24.1 Å². The van der Waals surface area contributed by atoms with E-state index in [2.05, 4.69) is 139 Å². The molecule has 11 aromatic heterocycles. The molecular weight excluding hydrogens is 1560 g/mol. The summed E-state index contributed by atoms with van der Waals surface area (Å²) >= 11 is 16.9. The molecule has 0 aromatic carbocycles. The predicted octanol–water partition coefficient (Wildman–Crippen LogP) is 7.03. The third-order valence-corrected chi connectivity index (χ3v) is 15.9. The number of aryl methyl sites for hydroxylation is 2. The quantitative estimate of drug-likeness (QED) is 0.0140. The van der Waals surface area contributed by atoms with Crippen LogP contribution in [-0.2, 0) is 11.3 Å². The second kappa shape index (κ2) is 42.5. The number of nitriles is 2. The van der Waals surface area contributed by atoms with Gasteiger partial charge in [0.1, 0.15) is 23.8 Å². The lowest BCUT2D eigenvalue weighted by Crippen LogP contribution is -2.35. The van der Waals surface area contributed by atoms with E-state index in [1.54, 1.807) is 42.9 Å². The van der Waals surface area contributed by atoms with Gasteiger partial charge in [-0.15, -0.1) is 40.8 Å². The Balaban J connectivity index is 0.000000194. The summed E-state index contributed by atoms with van der Waals surface area (Å²) < 4.78 is 32.0. The van der Waals surface area contributed by atoms with Crippen molar-refractivity contribution in [2.24, 2.45) is 10.9 Å². The van der Waals surface area contributed by atoms with Crippen molar-refractivity contribution in [1.82, 2.24) is 107 Å². The number of rotatable bonds is 22. The molecular formula is C70H72Cl3N31O11. The van der Waals surface area contributed by atoms with Gasteiger partial charge in [0.05, 0.1) is 92.5 Å². The van der Waals surface area contributed by atoms with Crippen LogP contribution >= 0.6 is 34.8 Å². The number of ether oxygens (including phenoxy) is 5. The molecule has 1 fully saturated rings. The lowest BCUT2D eigenvalue weighted by Gasteiger charge is -2.24. The number of anilines is 11. The molecule has 0 spiro atoms. The molecule has 594 valence electrons. The standard InChI is InChI=1S/C25H28N10O4.C19H21N9O3.C13H11ClN6O2.C7H7N3O.C6H5Cl2N3O/c1-15-4-6-27-18(12-15)30-19-13-17(21(33-32-19)25(36)26-2)29-24-22(37-3)16(5-7-28-24)23-31-20(39-34-23)14-35-8-10-38-11-9-35;1-10-4-6-22-13(8-10)25-14-9-12(15(27-26-14)19(29)21-2)24-18-16(31-3)11(5-7-23-18)17(20)28-30;1-16-13(21)10-8(5-9(14)19-20-10)18-12-11(22-2)7(6-15)3-4-17-12;1-11-6-5(4-8)2-3-10-7(6)9;1-9-6(12)5-3(7)2-4(8)10-11-5/h4-7,12-13H,8-11,14H2,1-3H3,(H,26,36)(H2,27,28,29,30,32);4-9,30H,1-3H3,(H2,20,28)(H,21,29)(H2,22,23,24,25,26);3-5H,1-2H3,(H,16,21)(H,17,18,19);2-3H,1H3,(H2,9,10);2H,1H3,(H,9,12). The molecule has 12 rings (SSSR count). The molecule has 0 saturated carbocycles. The summed E-state index contributed by atoms with van der Waals surface area (Å²) in [7, 11) is 11.7. The summed E-state index contributed by atoms with van der Waals surface area (Å²) in [5.41, 5.74) is 15.9. The van der Waals surface area contributed by atoms with Gasteiger partial charge in [0, 0.05) is 96.7 Å². The van der Waals surface area contributed by atoms with Crippen LogP contribution in [0.4, 0.5) is 63.6 Å². The first kappa shape index (κ1) is 85.9. The Hall–Kier alpha value is -14.7. The van der Waals surface area contributed by atoms with Gasteiger partial charge in [-0.25, -0.2) is 29.9 Å². The van der Waals surface area contributed by atoms with Crippen LogP contribution < -0.4 is 78.3 Å². The second-order valence-electron chi connectivity index (χ2n) is 22.8. The summed E-state index contributed by atoms with van der Waals surface area (Å²) in [6.45, 7) is 7.37. The van der Waals surface area contributed by atoms with Crippen molar-refractivity contribution >= 4 is 128 Å². The summed E-state index contributed by atoms with van der Waals surface area (Å²) in [6, 6.07) is 23.7. The first-order valence-corrected chi connectivity index (χ1v) is 34.5. The summed E-state index contributed by atoms with van der Waals surface area (Å²) in [5.74, 6) is 3.09. The van der Waals surface area contributed by atoms with Crippen LogP contribution in [0.15, 0.2) is 120 Å². The van der Waals surface area contributed by atoms with Crippen molar-refractivity contribution < 1.29 is 52.6 Å². The van der Waals surface area contributed by atoms with Crippen LogP contribution in [0.2, 0.25) is 15.3 Å². The number of pyridine rings is 6. The van der Waals surface area contributed by atoms with Crippen LogP contribution in [-0.4, -0.2) is 203 Å². The fourth-order valence-corrected chi connectivity index (χ4v) is 10.4. The molecule has 11 aromatic rings. The zero-order valence-electron chi connectivity index (χ0n) is 62.7. The fraction of sp³-hybridized carbons (Fsp3) is 0.214. The number of amidine groups is 1. The zero-order chi connectivity index (χ0) is 83.1. The van der Waals surface area contributed by atoms with Crippen molar-refractivity contribution in [3.8, 4) is 46.5 Å². The monoisotopic (exact) mass is 1630 g/mol. The molecule has 42 nitrogen and oxygen atoms in total. The maximum atomic E-state index is 12.6. The van der Waals surface area contributed by atoms with Crippen molar-refractivity contribution in [3.63, 3.8) is 0 Å². The van der Waals surface area contributed by atoms with Crippen molar-refractivity contribution in [2.45, 2.75) is 20.4 Å². The maximum absolute atomic E-state index is 12.6. The third-order valence-electron chi connectivity index (χ3n) is 15.2. The molecule has 0 bridgehead atoms. The van der Waals surface area contributed by atoms with Crippen LogP contribution in [0.5, 0.6) is 23.0 Å². The van der Waals surface area contributed by atoms with E-state index in [1.807, 2.05) is 50.3 Å². The third kappa shape index (κ3) is 23.4. The lowest BCUT2D eigenvalue weighted by molar-refractivity contribution is 0.0297. The average molecular weight is 1630 g/mol. The summed E-state index contributed by atoms with van der Waals surface area (Å²) in [4.78, 5) is 79.5. The molecule has 12 heterocycles. The van der Waals surface area contributed by atoms with E-state index in [0.717, 1.165) is 24.2 Å². The first-order valence-electron chi connectivity index (χ1n) is 33.4. The topological polar surface area (TPSA) is 578 Å². The molecule has 14 N–H and O–H groups in total.